The predicted octanol–water partition coefficient (Wildman–Crippen LogP) is 2.52. The van der Waals surface area contributed by atoms with Crippen LogP contribution in [0.1, 0.15) is 31.9 Å². The molecule has 0 saturated carbocycles. The van der Waals surface area contributed by atoms with E-state index in [9.17, 15) is 0 Å². The summed E-state index contributed by atoms with van der Waals surface area (Å²) in [7, 11) is 1.68. The van der Waals surface area contributed by atoms with Gasteiger partial charge in [0.05, 0.1) is 13.2 Å². The molecule has 1 aromatic carbocycles. The highest BCUT2D eigenvalue weighted by Crippen LogP contribution is 2.30. The minimum Gasteiger partial charge on any atom is -0.490 e. The normalized spacial score (nSPS) is 12.2. The summed E-state index contributed by atoms with van der Waals surface area (Å²) in [6.45, 7) is 5.78. The molecule has 18 heavy (non-hydrogen) atoms. The van der Waals surface area contributed by atoms with Gasteiger partial charge < -0.3 is 19.9 Å². The maximum atomic E-state index is 6.09. The van der Waals surface area contributed by atoms with Crippen LogP contribution in [0, 0.1) is 0 Å². The molecule has 0 saturated heterocycles. The Morgan fingerprint density at radius 3 is 2.39 bits per heavy atom. The van der Waals surface area contributed by atoms with Crippen LogP contribution in [0.5, 0.6) is 11.5 Å². The Hall–Kier alpha value is -1.26. The topological polar surface area (TPSA) is 53.7 Å². The second-order valence-electron chi connectivity index (χ2n) is 3.96. The first kappa shape index (κ1) is 14.8. The maximum absolute atomic E-state index is 6.09. The standard InChI is InChI=1S/C14H23NO3/c1-4-17-13-7-6-11(10-14(13)18-5-2)12(15)8-9-16-3/h6-7,10,12H,4-5,8-9,15H2,1-3H3. The van der Waals surface area contributed by atoms with E-state index in [0.717, 1.165) is 23.5 Å². The molecule has 4 nitrogen and oxygen atoms in total. The van der Waals surface area contributed by atoms with Gasteiger partial charge >= 0.3 is 0 Å². The van der Waals surface area contributed by atoms with E-state index in [0.29, 0.717) is 19.8 Å². The van der Waals surface area contributed by atoms with Gasteiger partial charge in [0.15, 0.2) is 11.5 Å². The lowest BCUT2D eigenvalue weighted by Crippen LogP contribution is -2.13. The molecule has 0 aliphatic heterocycles. The Balaban J connectivity index is 2.84. The first-order chi connectivity index (χ1) is 8.72. The van der Waals surface area contributed by atoms with E-state index in [4.69, 9.17) is 19.9 Å². The van der Waals surface area contributed by atoms with Crippen LogP contribution >= 0.6 is 0 Å². The number of nitrogens with two attached hydrogens (primary N) is 1. The van der Waals surface area contributed by atoms with E-state index in [2.05, 4.69) is 0 Å². The Kier molecular flexibility index (Phi) is 6.54. The third-order valence-electron chi connectivity index (χ3n) is 2.63. The molecule has 0 fully saturated rings. The quantitative estimate of drug-likeness (QED) is 0.773. The van der Waals surface area contributed by atoms with Crippen molar-refractivity contribution in [3.63, 3.8) is 0 Å². The van der Waals surface area contributed by atoms with Crippen LogP contribution in [-0.4, -0.2) is 26.9 Å². The lowest BCUT2D eigenvalue weighted by Gasteiger charge is -2.16. The van der Waals surface area contributed by atoms with Crippen LogP contribution in [0.3, 0.4) is 0 Å². The van der Waals surface area contributed by atoms with E-state index in [1.807, 2.05) is 32.0 Å². The number of benzene rings is 1. The van der Waals surface area contributed by atoms with Crippen LogP contribution in [0.4, 0.5) is 0 Å². The molecule has 0 spiro atoms. The van der Waals surface area contributed by atoms with Crippen molar-refractivity contribution in [1.29, 1.82) is 0 Å². The molecule has 0 aliphatic rings. The molecule has 1 atom stereocenters. The second-order valence-corrected chi connectivity index (χ2v) is 3.96. The van der Waals surface area contributed by atoms with Gasteiger partial charge in [-0.05, 0) is 38.0 Å². The van der Waals surface area contributed by atoms with E-state index < -0.39 is 0 Å². The van der Waals surface area contributed by atoms with Crippen molar-refractivity contribution in [2.24, 2.45) is 5.73 Å². The van der Waals surface area contributed by atoms with Crippen molar-refractivity contribution in [1.82, 2.24) is 0 Å². The number of hydrogen-bond donors (Lipinski definition) is 1. The number of rotatable bonds is 8. The lowest BCUT2D eigenvalue weighted by atomic mass is 10.0. The Morgan fingerprint density at radius 2 is 1.78 bits per heavy atom. The van der Waals surface area contributed by atoms with Crippen molar-refractivity contribution in [2.45, 2.75) is 26.3 Å². The van der Waals surface area contributed by atoms with Crippen LogP contribution < -0.4 is 15.2 Å². The minimum absolute atomic E-state index is 0.0418. The summed E-state index contributed by atoms with van der Waals surface area (Å²) in [6.07, 6.45) is 0.788. The molecule has 0 aliphatic carbocycles. The molecule has 102 valence electrons. The molecule has 2 N–H and O–H groups in total. The van der Waals surface area contributed by atoms with Crippen molar-refractivity contribution >= 4 is 0 Å². The summed E-state index contributed by atoms with van der Waals surface area (Å²) in [5.74, 6) is 1.52. The SMILES string of the molecule is CCOc1ccc(C(N)CCOC)cc1OCC. The summed E-state index contributed by atoms with van der Waals surface area (Å²) in [5, 5.41) is 0. The smallest absolute Gasteiger partial charge is 0.161 e. The second kappa shape index (κ2) is 7.95. The third-order valence-corrected chi connectivity index (χ3v) is 2.63. The van der Waals surface area contributed by atoms with Crippen molar-refractivity contribution in [3.05, 3.63) is 23.8 Å². The largest absolute Gasteiger partial charge is 0.490 e. The molecular weight excluding hydrogens is 230 g/mol. The van der Waals surface area contributed by atoms with E-state index in [-0.39, 0.29) is 6.04 Å². The van der Waals surface area contributed by atoms with Crippen molar-refractivity contribution < 1.29 is 14.2 Å². The van der Waals surface area contributed by atoms with Gasteiger partial charge in [0.25, 0.3) is 0 Å². The van der Waals surface area contributed by atoms with Crippen LogP contribution in [0.2, 0.25) is 0 Å². The molecule has 0 heterocycles. The molecule has 0 aromatic heterocycles. The van der Waals surface area contributed by atoms with Gasteiger partial charge in [0.2, 0.25) is 0 Å². The molecule has 0 amide bonds. The average molecular weight is 253 g/mol. The molecule has 4 heteroatoms. The Labute approximate surface area is 109 Å². The van der Waals surface area contributed by atoms with Gasteiger partial charge in [-0.25, -0.2) is 0 Å². The third kappa shape index (κ3) is 4.20. The predicted molar refractivity (Wildman–Crippen MR) is 72.2 cm³/mol. The summed E-state index contributed by atoms with van der Waals surface area (Å²) in [6, 6.07) is 5.80. The van der Waals surface area contributed by atoms with Gasteiger partial charge in [0.1, 0.15) is 0 Å². The summed E-state index contributed by atoms with van der Waals surface area (Å²) in [4.78, 5) is 0. The van der Waals surface area contributed by atoms with Gasteiger partial charge in [0, 0.05) is 19.8 Å². The monoisotopic (exact) mass is 253 g/mol. The highest BCUT2D eigenvalue weighted by atomic mass is 16.5. The zero-order valence-corrected chi connectivity index (χ0v) is 11.4. The molecule has 1 rings (SSSR count). The van der Waals surface area contributed by atoms with Gasteiger partial charge in [-0.15, -0.1) is 0 Å². The highest BCUT2D eigenvalue weighted by Gasteiger charge is 2.11. The van der Waals surface area contributed by atoms with Crippen molar-refractivity contribution in [3.8, 4) is 11.5 Å². The fourth-order valence-electron chi connectivity index (χ4n) is 1.71. The molecule has 0 bridgehead atoms. The number of hydrogen-bond acceptors (Lipinski definition) is 4. The Bertz CT molecular complexity index is 355. The van der Waals surface area contributed by atoms with E-state index >= 15 is 0 Å². The Morgan fingerprint density at radius 1 is 1.11 bits per heavy atom. The van der Waals surface area contributed by atoms with Crippen LogP contribution in [0.25, 0.3) is 0 Å². The minimum atomic E-state index is -0.0418. The van der Waals surface area contributed by atoms with Gasteiger partial charge in [-0.1, -0.05) is 6.07 Å². The summed E-state index contributed by atoms with van der Waals surface area (Å²) < 4.78 is 16.1. The first-order valence-corrected chi connectivity index (χ1v) is 6.37. The fourth-order valence-corrected chi connectivity index (χ4v) is 1.71. The maximum Gasteiger partial charge on any atom is 0.161 e. The molecule has 0 radical (unpaired) electrons. The van der Waals surface area contributed by atoms with Crippen LogP contribution in [-0.2, 0) is 4.74 Å². The molecular formula is C14H23NO3. The fraction of sp³-hybridized carbons (Fsp3) is 0.571. The zero-order valence-electron chi connectivity index (χ0n) is 11.4. The van der Waals surface area contributed by atoms with Crippen LogP contribution in [0.15, 0.2) is 18.2 Å². The number of ether oxygens (including phenoxy) is 3. The van der Waals surface area contributed by atoms with Gasteiger partial charge in [-0.3, -0.25) is 0 Å². The zero-order chi connectivity index (χ0) is 13.4. The van der Waals surface area contributed by atoms with Crippen molar-refractivity contribution in [2.75, 3.05) is 26.9 Å². The highest BCUT2D eigenvalue weighted by molar-refractivity contribution is 5.43. The average Bonchev–Trinajstić information content (AvgIpc) is 2.38. The van der Waals surface area contributed by atoms with E-state index in [1.54, 1.807) is 7.11 Å². The molecule has 1 unspecified atom stereocenters. The molecule has 1 aromatic rings. The summed E-state index contributed by atoms with van der Waals surface area (Å²) >= 11 is 0. The van der Waals surface area contributed by atoms with Gasteiger partial charge in [-0.2, -0.15) is 0 Å². The number of methoxy groups -OCH3 is 1. The summed E-state index contributed by atoms with van der Waals surface area (Å²) in [5.41, 5.74) is 7.13. The van der Waals surface area contributed by atoms with E-state index in [1.165, 1.54) is 0 Å². The first-order valence-electron chi connectivity index (χ1n) is 6.37. The lowest BCUT2D eigenvalue weighted by molar-refractivity contribution is 0.188.